The van der Waals surface area contributed by atoms with Gasteiger partial charge in [0.1, 0.15) is 5.69 Å². The van der Waals surface area contributed by atoms with Crippen LogP contribution in [0.4, 0.5) is 0 Å². The minimum Gasteiger partial charge on any atom is -0.312 e. The molecule has 3 nitrogen and oxygen atoms in total. The molecule has 0 saturated carbocycles. The van der Waals surface area contributed by atoms with Gasteiger partial charge in [-0.15, -0.1) is 11.3 Å². The van der Waals surface area contributed by atoms with Crippen molar-refractivity contribution in [1.82, 2.24) is 15.1 Å². The topological polar surface area (TPSA) is 29.9 Å². The van der Waals surface area contributed by atoms with Gasteiger partial charge in [-0.2, -0.15) is 5.10 Å². The predicted molar refractivity (Wildman–Crippen MR) is 80.8 cm³/mol. The summed E-state index contributed by atoms with van der Waals surface area (Å²) in [5.74, 6) is 0.665. The Morgan fingerprint density at radius 1 is 1.50 bits per heavy atom. The number of aromatic nitrogens is 2. The van der Waals surface area contributed by atoms with Gasteiger partial charge in [0.2, 0.25) is 0 Å². The van der Waals surface area contributed by atoms with Gasteiger partial charge in [-0.3, -0.25) is 4.68 Å². The van der Waals surface area contributed by atoms with Gasteiger partial charge in [0.15, 0.2) is 0 Å². The monoisotopic (exact) mass is 327 g/mol. The zero-order valence-electron chi connectivity index (χ0n) is 10.9. The van der Waals surface area contributed by atoms with E-state index >= 15 is 0 Å². The lowest BCUT2D eigenvalue weighted by Crippen LogP contribution is -2.19. The molecule has 2 aromatic heterocycles. The fourth-order valence-electron chi connectivity index (χ4n) is 1.82. The average Bonchev–Trinajstić information content (AvgIpc) is 2.84. The number of rotatable bonds is 5. The van der Waals surface area contributed by atoms with Crippen molar-refractivity contribution in [2.75, 3.05) is 6.54 Å². The highest BCUT2D eigenvalue weighted by atomic mass is 79.9. The van der Waals surface area contributed by atoms with Crippen LogP contribution in [-0.4, -0.2) is 16.3 Å². The van der Waals surface area contributed by atoms with Crippen molar-refractivity contribution >= 4 is 27.3 Å². The first-order valence-corrected chi connectivity index (χ1v) is 7.71. The Morgan fingerprint density at radius 3 is 2.89 bits per heavy atom. The second-order valence-corrected chi connectivity index (χ2v) is 6.57. The fraction of sp³-hybridized carbons (Fsp3) is 0.462. The van der Waals surface area contributed by atoms with Crippen LogP contribution in [0.2, 0.25) is 0 Å². The van der Waals surface area contributed by atoms with Crippen LogP contribution < -0.4 is 5.32 Å². The van der Waals surface area contributed by atoms with Crippen molar-refractivity contribution in [2.24, 2.45) is 13.0 Å². The molecule has 1 N–H and O–H groups in total. The van der Waals surface area contributed by atoms with Gasteiger partial charge in [-0.1, -0.05) is 13.8 Å². The Kier molecular flexibility index (Phi) is 4.59. The third kappa shape index (κ3) is 3.22. The Morgan fingerprint density at radius 2 is 2.28 bits per heavy atom. The molecule has 0 amide bonds. The number of nitrogens with one attached hydrogen (secondary N) is 1. The number of halogens is 1. The maximum absolute atomic E-state index is 4.57. The average molecular weight is 328 g/mol. The van der Waals surface area contributed by atoms with E-state index < -0.39 is 0 Å². The van der Waals surface area contributed by atoms with Crippen molar-refractivity contribution in [3.63, 3.8) is 0 Å². The van der Waals surface area contributed by atoms with Crippen LogP contribution in [0, 0.1) is 5.92 Å². The van der Waals surface area contributed by atoms with Gasteiger partial charge >= 0.3 is 0 Å². The molecule has 18 heavy (non-hydrogen) atoms. The molecule has 0 bridgehead atoms. The van der Waals surface area contributed by atoms with Gasteiger partial charge < -0.3 is 5.32 Å². The maximum Gasteiger partial charge on any atom is 0.108 e. The molecule has 0 aliphatic rings. The van der Waals surface area contributed by atoms with E-state index in [2.05, 4.69) is 57.8 Å². The van der Waals surface area contributed by atoms with E-state index in [-0.39, 0.29) is 0 Å². The summed E-state index contributed by atoms with van der Waals surface area (Å²) in [6.45, 7) is 6.33. The normalized spacial score (nSPS) is 11.4. The number of nitrogens with zero attached hydrogens (tertiary/aromatic N) is 2. The summed E-state index contributed by atoms with van der Waals surface area (Å²) < 4.78 is 3.00. The lowest BCUT2D eigenvalue weighted by atomic mass is 10.2. The Hall–Kier alpha value is -0.650. The van der Waals surface area contributed by atoms with E-state index in [0.717, 1.165) is 23.3 Å². The first-order chi connectivity index (χ1) is 8.58. The molecule has 2 heterocycles. The summed E-state index contributed by atoms with van der Waals surface area (Å²) in [4.78, 5) is 1.21. The van der Waals surface area contributed by atoms with Crippen molar-refractivity contribution in [3.8, 4) is 10.6 Å². The number of hydrogen-bond acceptors (Lipinski definition) is 3. The summed E-state index contributed by atoms with van der Waals surface area (Å²) in [7, 11) is 1.97. The van der Waals surface area contributed by atoms with Crippen LogP contribution in [-0.2, 0) is 13.6 Å². The van der Waals surface area contributed by atoms with Gasteiger partial charge in [0, 0.05) is 29.8 Å². The highest BCUT2D eigenvalue weighted by Crippen LogP contribution is 2.34. The highest BCUT2D eigenvalue weighted by Gasteiger charge is 2.13. The van der Waals surface area contributed by atoms with E-state index in [1.54, 1.807) is 11.3 Å². The van der Waals surface area contributed by atoms with Crippen molar-refractivity contribution in [3.05, 3.63) is 27.7 Å². The lowest BCUT2D eigenvalue weighted by molar-refractivity contribution is 0.552. The molecule has 0 unspecified atom stereocenters. The second kappa shape index (κ2) is 5.99. The minimum atomic E-state index is 0.665. The van der Waals surface area contributed by atoms with Gasteiger partial charge in [0.05, 0.1) is 4.88 Å². The number of aryl methyl sites for hydroxylation is 1. The highest BCUT2D eigenvalue weighted by molar-refractivity contribution is 9.10. The van der Waals surface area contributed by atoms with Crippen LogP contribution in [0.25, 0.3) is 10.6 Å². The SMILES string of the molecule is CC(C)CNCc1cn(C)nc1-c1sccc1Br. The van der Waals surface area contributed by atoms with Crippen LogP contribution in [0.15, 0.2) is 22.1 Å². The molecular formula is C13H18BrN3S. The first kappa shape index (κ1) is 13.8. The van der Waals surface area contributed by atoms with E-state index in [9.17, 15) is 0 Å². The van der Waals surface area contributed by atoms with Crippen LogP contribution >= 0.6 is 27.3 Å². The standard InChI is InChI=1S/C13H18BrN3S/c1-9(2)6-15-7-10-8-17(3)16-12(10)13-11(14)4-5-18-13/h4-5,8-9,15H,6-7H2,1-3H3. The molecule has 0 spiro atoms. The Balaban J connectivity index is 2.18. The van der Waals surface area contributed by atoms with Crippen molar-refractivity contribution in [1.29, 1.82) is 0 Å². The summed E-state index contributed by atoms with van der Waals surface area (Å²) >= 11 is 5.30. The third-order valence-electron chi connectivity index (χ3n) is 2.60. The van der Waals surface area contributed by atoms with Crippen molar-refractivity contribution in [2.45, 2.75) is 20.4 Å². The molecule has 98 valence electrons. The third-order valence-corrected chi connectivity index (χ3v) is 4.45. The Bertz CT molecular complexity index is 516. The molecule has 0 saturated heterocycles. The number of thiophene rings is 1. The molecule has 2 rings (SSSR count). The number of hydrogen-bond donors (Lipinski definition) is 1. The largest absolute Gasteiger partial charge is 0.312 e. The quantitative estimate of drug-likeness (QED) is 0.908. The fourth-order valence-corrected chi connectivity index (χ4v) is 3.40. The summed E-state index contributed by atoms with van der Waals surface area (Å²) in [6.07, 6.45) is 2.09. The van der Waals surface area contributed by atoms with E-state index in [0.29, 0.717) is 5.92 Å². The zero-order valence-corrected chi connectivity index (χ0v) is 13.3. The second-order valence-electron chi connectivity index (χ2n) is 4.80. The van der Waals surface area contributed by atoms with E-state index in [4.69, 9.17) is 0 Å². The molecule has 0 atom stereocenters. The maximum atomic E-state index is 4.57. The van der Waals surface area contributed by atoms with Crippen LogP contribution in [0.1, 0.15) is 19.4 Å². The smallest absolute Gasteiger partial charge is 0.108 e. The summed E-state index contributed by atoms with van der Waals surface area (Å²) in [5.41, 5.74) is 2.33. The molecule has 0 radical (unpaired) electrons. The van der Waals surface area contributed by atoms with Gasteiger partial charge in [-0.25, -0.2) is 0 Å². The molecule has 5 heteroatoms. The molecule has 0 aliphatic carbocycles. The molecule has 0 fully saturated rings. The van der Waals surface area contributed by atoms with E-state index in [1.165, 1.54) is 10.4 Å². The van der Waals surface area contributed by atoms with Crippen LogP contribution in [0.3, 0.4) is 0 Å². The predicted octanol–water partition coefficient (Wildman–Crippen LogP) is 3.66. The van der Waals surface area contributed by atoms with Gasteiger partial charge in [-0.05, 0) is 39.8 Å². The lowest BCUT2D eigenvalue weighted by Gasteiger charge is -2.07. The summed E-state index contributed by atoms with van der Waals surface area (Å²) in [6, 6.07) is 2.07. The summed E-state index contributed by atoms with van der Waals surface area (Å²) in [5, 5.41) is 10.1. The zero-order chi connectivity index (χ0) is 13.1. The molecule has 0 aromatic carbocycles. The van der Waals surface area contributed by atoms with Gasteiger partial charge in [0.25, 0.3) is 0 Å². The van der Waals surface area contributed by atoms with Crippen LogP contribution in [0.5, 0.6) is 0 Å². The Labute approximate surface area is 120 Å². The first-order valence-electron chi connectivity index (χ1n) is 6.04. The minimum absolute atomic E-state index is 0.665. The molecule has 0 aliphatic heterocycles. The van der Waals surface area contributed by atoms with Crippen molar-refractivity contribution < 1.29 is 0 Å². The molecule has 2 aromatic rings. The molecular weight excluding hydrogens is 310 g/mol. The van der Waals surface area contributed by atoms with E-state index in [1.807, 2.05) is 11.7 Å².